The third-order valence-electron chi connectivity index (χ3n) is 8.73. The molecule has 0 spiro atoms. The van der Waals surface area contributed by atoms with Crippen molar-refractivity contribution in [3.8, 4) is 11.1 Å². The summed E-state index contributed by atoms with van der Waals surface area (Å²) < 4.78 is 5.83. The molecule has 3 unspecified atom stereocenters. The van der Waals surface area contributed by atoms with E-state index in [-0.39, 0.29) is 41.7 Å². The number of hydrogen-bond donors (Lipinski definition) is 2. The lowest BCUT2D eigenvalue weighted by atomic mass is 9.58. The van der Waals surface area contributed by atoms with Crippen LogP contribution in [0.1, 0.15) is 45.7 Å². The molecular formula is C30H37N3O3. The predicted molar refractivity (Wildman–Crippen MR) is 141 cm³/mol. The topological polar surface area (TPSA) is 80.3 Å². The van der Waals surface area contributed by atoms with Crippen LogP contribution in [0.2, 0.25) is 0 Å². The van der Waals surface area contributed by atoms with Crippen molar-refractivity contribution in [1.82, 2.24) is 15.6 Å². The molecule has 3 aliphatic rings. The fourth-order valence-electron chi connectivity index (χ4n) is 6.55. The van der Waals surface area contributed by atoms with Gasteiger partial charge < -0.3 is 15.4 Å². The van der Waals surface area contributed by atoms with Crippen molar-refractivity contribution in [1.29, 1.82) is 0 Å². The molecular weight excluding hydrogens is 450 g/mol. The minimum absolute atomic E-state index is 0.00444. The Morgan fingerprint density at radius 1 is 1.08 bits per heavy atom. The van der Waals surface area contributed by atoms with Crippen molar-refractivity contribution in [2.75, 3.05) is 13.1 Å². The maximum absolute atomic E-state index is 13.3. The summed E-state index contributed by atoms with van der Waals surface area (Å²) in [5.41, 5.74) is 2.13. The number of allylic oxidation sites excluding steroid dienone is 1. The van der Waals surface area contributed by atoms with Gasteiger partial charge in [-0.3, -0.25) is 9.78 Å². The molecule has 2 N–H and O–H groups in total. The lowest BCUT2D eigenvalue weighted by Gasteiger charge is -2.47. The number of benzene rings is 1. The van der Waals surface area contributed by atoms with Crippen LogP contribution in [0.15, 0.2) is 54.7 Å². The maximum Gasteiger partial charge on any atom is 0.332 e. The van der Waals surface area contributed by atoms with Gasteiger partial charge in [0.1, 0.15) is 11.6 Å². The fourth-order valence-corrected chi connectivity index (χ4v) is 6.55. The molecule has 2 aliphatic heterocycles. The average Bonchev–Trinajstić information content (AvgIpc) is 3.14. The number of nitrogens with zero attached hydrogens (tertiary/aromatic N) is 1. The Hall–Kier alpha value is -2.99. The molecule has 1 aromatic heterocycles. The highest BCUT2D eigenvalue weighted by atomic mass is 16.6. The number of aromatic nitrogens is 1. The first-order valence-corrected chi connectivity index (χ1v) is 13.3. The third kappa shape index (κ3) is 4.59. The number of nitrogens with one attached hydrogen (secondary N) is 2. The Balaban J connectivity index is 1.40. The quantitative estimate of drug-likeness (QED) is 0.609. The molecule has 1 amide bonds. The van der Waals surface area contributed by atoms with Crippen LogP contribution in [0.25, 0.3) is 17.2 Å². The lowest BCUT2D eigenvalue weighted by molar-refractivity contribution is -0.149. The van der Waals surface area contributed by atoms with Gasteiger partial charge in [0.25, 0.3) is 0 Å². The van der Waals surface area contributed by atoms with Gasteiger partial charge in [-0.15, -0.1) is 0 Å². The third-order valence-corrected chi connectivity index (χ3v) is 8.73. The lowest BCUT2D eigenvalue weighted by Crippen LogP contribution is -2.64. The smallest absolute Gasteiger partial charge is 0.332 e. The molecule has 2 saturated heterocycles. The number of hydrogen-bond acceptors (Lipinski definition) is 5. The number of piperidine rings is 1. The Kier molecular flexibility index (Phi) is 6.98. The molecule has 6 heteroatoms. The minimum Gasteiger partial charge on any atom is -0.460 e. The second-order valence-electron chi connectivity index (χ2n) is 10.9. The van der Waals surface area contributed by atoms with Crippen LogP contribution < -0.4 is 10.6 Å². The van der Waals surface area contributed by atoms with E-state index >= 15 is 0 Å². The van der Waals surface area contributed by atoms with Gasteiger partial charge in [-0.1, -0.05) is 56.3 Å². The number of esters is 1. The average molecular weight is 488 g/mol. The summed E-state index contributed by atoms with van der Waals surface area (Å²) in [6, 6.07) is 14.3. The maximum atomic E-state index is 13.3. The van der Waals surface area contributed by atoms with Crippen LogP contribution in [0.3, 0.4) is 0 Å². The van der Waals surface area contributed by atoms with E-state index in [2.05, 4.69) is 59.8 Å². The van der Waals surface area contributed by atoms with E-state index in [0.717, 1.165) is 42.8 Å². The number of rotatable bonds is 5. The van der Waals surface area contributed by atoms with E-state index in [1.807, 2.05) is 37.4 Å². The van der Waals surface area contributed by atoms with E-state index in [1.54, 1.807) is 0 Å². The highest BCUT2D eigenvalue weighted by molar-refractivity contribution is 5.91. The van der Waals surface area contributed by atoms with Gasteiger partial charge in [-0.05, 0) is 74.7 Å². The summed E-state index contributed by atoms with van der Waals surface area (Å²) in [5, 5.41) is 6.57. The standard InChI is InChI=1S/C30H37N3O3/c1-19-17-30(33-28(34)23-13-15-31-16-14-23)27(21(3)36-29(30)35)26(20(19)2)12-11-25-10-9-24(18-32-25)22-7-5-4-6-8-22/h4-12,18-21,23,26-27,31H,13-17H2,1-3H3,(H,33,34)/b12-11+/t19?,20?,21-,26?,27+,30+/m1/s1. The molecule has 0 bridgehead atoms. The molecule has 36 heavy (non-hydrogen) atoms. The van der Waals surface area contributed by atoms with Crippen molar-refractivity contribution >= 4 is 18.0 Å². The predicted octanol–water partition coefficient (Wildman–Crippen LogP) is 4.47. The summed E-state index contributed by atoms with van der Waals surface area (Å²) in [5.74, 6) is 0.243. The molecule has 190 valence electrons. The van der Waals surface area contributed by atoms with Crippen molar-refractivity contribution in [3.05, 3.63) is 60.4 Å². The first-order chi connectivity index (χ1) is 17.4. The molecule has 2 aromatic rings. The second kappa shape index (κ2) is 10.2. The van der Waals surface area contributed by atoms with Gasteiger partial charge in [-0.25, -0.2) is 4.79 Å². The number of fused-ring (bicyclic) bond motifs is 1. The van der Waals surface area contributed by atoms with E-state index in [1.165, 1.54) is 0 Å². The van der Waals surface area contributed by atoms with Crippen molar-refractivity contribution in [2.45, 2.75) is 51.7 Å². The molecule has 6 nitrogen and oxygen atoms in total. The number of amides is 1. The zero-order chi connectivity index (χ0) is 25.3. The Labute approximate surface area is 213 Å². The molecule has 5 rings (SSSR count). The normalized spacial score (nSPS) is 32.8. The number of cyclic esters (lactones) is 1. The minimum atomic E-state index is -0.965. The molecule has 1 aromatic carbocycles. The first-order valence-electron chi connectivity index (χ1n) is 13.3. The number of carbonyl (C=O) groups excluding carboxylic acids is 2. The van der Waals surface area contributed by atoms with Crippen LogP contribution in [0, 0.1) is 29.6 Å². The van der Waals surface area contributed by atoms with E-state index < -0.39 is 5.54 Å². The van der Waals surface area contributed by atoms with Gasteiger partial charge in [0.05, 0.1) is 5.69 Å². The van der Waals surface area contributed by atoms with Crippen molar-refractivity contribution < 1.29 is 14.3 Å². The molecule has 1 aliphatic carbocycles. The van der Waals surface area contributed by atoms with Crippen molar-refractivity contribution in [2.24, 2.45) is 29.6 Å². The summed E-state index contributed by atoms with van der Waals surface area (Å²) in [6.07, 6.45) is 8.11. The van der Waals surface area contributed by atoms with E-state index in [0.29, 0.717) is 12.3 Å². The van der Waals surface area contributed by atoms with Gasteiger partial charge in [-0.2, -0.15) is 0 Å². The zero-order valence-electron chi connectivity index (χ0n) is 21.4. The number of ether oxygens (including phenoxy) is 1. The Bertz CT molecular complexity index is 1110. The molecule has 6 atom stereocenters. The zero-order valence-corrected chi connectivity index (χ0v) is 21.4. The highest BCUT2D eigenvalue weighted by Gasteiger charge is 2.63. The molecule has 1 saturated carbocycles. The summed E-state index contributed by atoms with van der Waals surface area (Å²) in [7, 11) is 0. The summed E-state index contributed by atoms with van der Waals surface area (Å²) >= 11 is 0. The van der Waals surface area contributed by atoms with Crippen LogP contribution >= 0.6 is 0 Å². The first kappa shape index (κ1) is 24.7. The summed E-state index contributed by atoms with van der Waals surface area (Å²) in [4.78, 5) is 31.3. The SMILES string of the molecule is CC1C[C@@]2(NC(=O)C3CCNCC3)C(=O)O[C@H](C)[C@H]2C(/C=C/c2ccc(-c3ccccc3)cn2)C1C. The number of pyridine rings is 1. The van der Waals surface area contributed by atoms with Crippen LogP contribution in [0.4, 0.5) is 0 Å². The molecule has 0 radical (unpaired) electrons. The van der Waals surface area contributed by atoms with E-state index in [9.17, 15) is 9.59 Å². The monoisotopic (exact) mass is 487 g/mol. The van der Waals surface area contributed by atoms with Gasteiger partial charge in [0.2, 0.25) is 5.91 Å². The summed E-state index contributed by atoms with van der Waals surface area (Å²) in [6.45, 7) is 8.08. The van der Waals surface area contributed by atoms with Crippen LogP contribution in [0.5, 0.6) is 0 Å². The van der Waals surface area contributed by atoms with Crippen LogP contribution in [-0.4, -0.2) is 41.6 Å². The highest BCUT2D eigenvalue weighted by Crippen LogP contribution is 2.51. The second-order valence-corrected chi connectivity index (χ2v) is 10.9. The number of carbonyl (C=O) groups is 2. The Morgan fingerprint density at radius 3 is 2.53 bits per heavy atom. The van der Waals surface area contributed by atoms with Gasteiger partial charge in [0, 0.05) is 23.6 Å². The Morgan fingerprint density at radius 2 is 1.83 bits per heavy atom. The van der Waals surface area contributed by atoms with Gasteiger partial charge in [0.15, 0.2) is 0 Å². The van der Waals surface area contributed by atoms with Crippen molar-refractivity contribution in [3.63, 3.8) is 0 Å². The van der Waals surface area contributed by atoms with Crippen LogP contribution in [-0.2, 0) is 14.3 Å². The largest absolute Gasteiger partial charge is 0.460 e. The van der Waals surface area contributed by atoms with Gasteiger partial charge >= 0.3 is 5.97 Å². The molecule has 3 fully saturated rings. The van der Waals surface area contributed by atoms with E-state index in [4.69, 9.17) is 4.74 Å². The fraction of sp³-hybridized carbons (Fsp3) is 0.500. The molecule has 3 heterocycles.